The first-order valence-corrected chi connectivity index (χ1v) is 11.8. The predicted molar refractivity (Wildman–Crippen MR) is 100 cm³/mol. The fourth-order valence-electron chi connectivity index (χ4n) is 2.89. The van der Waals surface area contributed by atoms with E-state index in [2.05, 4.69) is 44.3 Å². The number of carbonyl (C=O) groups excluding carboxylic acids is 2. The summed E-state index contributed by atoms with van der Waals surface area (Å²) in [5, 5.41) is 7.18. The van der Waals surface area contributed by atoms with Crippen LogP contribution in [0.1, 0.15) is 50.3 Å². The van der Waals surface area contributed by atoms with Crippen molar-refractivity contribution in [3.8, 4) is 0 Å². The van der Waals surface area contributed by atoms with Gasteiger partial charge in [0.15, 0.2) is 14.1 Å². The van der Waals surface area contributed by atoms with Gasteiger partial charge in [0.1, 0.15) is 5.69 Å². The van der Waals surface area contributed by atoms with E-state index in [1.54, 1.807) is 10.7 Å². The number of hydrogen-bond donors (Lipinski definition) is 1. The molecule has 6 nitrogen and oxygen atoms in total. The fourth-order valence-corrected chi connectivity index (χ4v) is 4.32. The van der Waals surface area contributed by atoms with E-state index in [0.717, 1.165) is 5.69 Å². The van der Waals surface area contributed by atoms with Gasteiger partial charge in [-0.2, -0.15) is 5.10 Å². The number of β-lactam (4-membered cyclic amide) rings is 1. The standard InChI is InChI=1S/C18H31N3O3Si/c1-11-9-13(20-21(11)6)15(22)10-14-16(17(23)19-14)12(2)24-25(7,8)18(3,4)5/h9,12,14,16H,10H2,1-8H3,(H,19,23)/t12-,14?,16?/m1/s1. The highest BCUT2D eigenvalue weighted by Crippen LogP contribution is 2.39. The van der Waals surface area contributed by atoms with Gasteiger partial charge in [-0.15, -0.1) is 0 Å². The third kappa shape index (κ3) is 4.03. The van der Waals surface area contributed by atoms with Crippen LogP contribution in [0.3, 0.4) is 0 Å². The molecule has 140 valence electrons. The van der Waals surface area contributed by atoms with Crippen molar-refractivity contribution in [3.05, 3.63) is 17.5 Å². The molecular weight excluding hydrogens is 334 g/mol. The maximum absolute atomic E-state index is 12.5. The zero-order chi connectivity index (χ0) is 19.2. The Morgan fingerprint density at radius 1 is 1.44 bits per heavy atom. The molecule has 1 saturated heterocycles. The molecule has 0 aliphatic carbocycles. The second-order valence-corrected chi connectivity index (χ2v) is 13.4. The van der Waals surface area contributed by atoms with Gasteiger partial charge < -0.3 is 9.74 Å². The zero-order valence-electron chi connectivity index (χ0n) is 16.6. The van der Waals surface area contributed by atoms with E-state index in [1.165, 1.54) is 0 Å². The Morgan fingerprint density at radius 2 is 2.04 bits per heavy atom. The number of nitrogens with zero attached hydrogens (tertiary/aromatic N) is 2. The summed E-state index contributed by atoms with van der Waals surface area (Å²) in [7, 11) is -0.146. The molecule has 1 amide bonds. The Bertz CT molecular complexity index is 656. The van der Waals surface area contributed by atoms with Crippen molar-refractivity contribution < 1.29 is 14.0 Å². The summed E-state index contributed by atoms with van der Waals surface area (Å²) in [5.41, 5.74) is 1.39. The highest BCUT2D eigenvalue weighted by Gasteiger charge is 2.48. The lowest BCUT2D eigenvalue weighted by Gasteiger charge is -2.45. The van der Waals surface area contributed by atoms with E-state index in [4.69, 9.17) is 4.43 Å². The first-order valence-electron chi connectivity index (χ1n) is 8.85. The molecular formula is C18H31N3O3Si. The first-order chi connectivity index (χ1) is 11.3. The summed E-state index contributed by atoms with van der Waals surface area (Å²) in [6, 6.07) is 1.61. The van der Waals surface area contributed by atoms with Crippen molar-refractivity contribution in [2.45, 2.75) is 71.3 Å². The average Bonchev–Trinajstić information content (AvgIpc) is 2.75. The van der Waals surface area contributed by atoms with Crippen LogP contribution < -0.4 is 5.32 Å². The number of Topliss-reactive ketones (excluding diaryl/α,β-unsaturated/α-hetero) is 1. The first kappa shape index (κ1) is 19.8. The van der Waals surface area contributed by atoms with Gasteiger partial charge in [-0.1, -0.05) is 20.8 Å². The Kier molecular flexibility index (Phi) is 5.30. The molecule has 2 rings (SSSR count). The highest BCUT2D eigenvalue weighted by molar-refractivity contribution is 6.74. The molecule has 0 radical (unpaired) electrons. The molecule has 3 atom stereocenters. The SMILES string of the molecule is Cc1cc(C(=O)CC2NC(=O)C2[C@@H](C)O[Si](C)(C)C(C)(C)C)nn1C. The minimum absolute atomic E-state index is 0.0267. The number of aryl methyl sites for hydroxylation is 2. The molecule has 1 aliphatic rings. The minimum atomic E-state index is -1.96. The van der Waals surface area contributed by atoms with Gasteiger partial charge >= 0.3 is 0 Å². The summed E-state index contributed by atoms with van der Waals surface area (Å²) in [6.45, 7) is 14.7. The molecule has 1 aromatic heterocycles. The van der Waals surface area contributed by atoms with Crippen LogP contribution in [0.2, 0.25) is 18.1 Å². The lowest BCUT2D eigenvalue weighted by atomic mass is 9.83. The Morgan fingerprint density at radius 3 is 2.48 bits per heavy atom. The van der Waals surface area contributed by atoms with Crippen LogP contribution in [0, 0.1) is 12.8 Å². The average molecular weight is 366 g/mol. The largest absolute Gasteiger partial charge is 0.413 e. The van der Waals surface area contributed by atoms with Crippen molar-refractivity contribution in [1.29, 1.82) is 0 Å². The lowest BCUT2D eigenvalue weighted by molar-refractivity contribution is -0.139. The molecule has 1 aromatic rings. The van der Waals surface area contributed by atoms with Crippen LogP contribution >= 0.6 is 0 Å². The molecule has 0 spiro atoms. The van der Waals surface area contributed by atoms with Gasteiger partial charge in [0, 0.05) is 19.2 Å². The number of hydrogen-bond acceptors (Lipinski definition) is 4. The van der Waals surface area contributed by atoms with Gasteiger partial charge in [0.05, 0.1) is 18.1 Å². The summed E-state index contributed by atoms with van der Waals surface area (Å²) < 4.78 is 8.05. The maximum Gasteiger partial charge on any atom is 0.228 e. The summed E-state index contributed by atoms with van der Waals surface area (Å²) in [5.74, 6) is -0.345. The summed E-state index contributed by atoms with van der Waals surface area (Å²) in [4.78, 5) is 24.6. The second-order valence-electron chi connectivity index (χ2n) is 8.65. The fraction of sp³-hybridized carbons (Fsp3) is 0.722. The minimum Gasteiger partial charge on any atom is -0.413 e. The van der Waals surface area contributed by atoms with Crippen molar-refractivity contribution in [2.24, 2.45) is 13.0 Å². The second kappa shape index (κ2) is 6.68. The van der Waals surface area contributed by atoms with E-state index in [9.17, 15) is 9.59 Å². The Labute approximate surface area is 151 Å². The van der Waals surface area contributed by atoms with Crippen LogP contribution in [0.15, 0.2) is 6.07 Å². The van der Waals surface area contributed by atoms with Crippen molar-refractivity contribution in [2.75, 3.05) is 0 Å². The molecule has 0 bridgehead atoms. The monoisotopic (exact) mass is 365 g/mol. The number of rotatable bonds is 6. The number of amides is 1. The van der Waals surface area contributed by atoms with Gasteiger partial charge in [-0.3, -0.25) is 14.3 Å². The topological polar surface area (TPSA) is 73.2 Å². The third-order valence-electron chi connectivity index (χ3n) is 5.66. The Hall–Kier alpha value is -1.47. The molecule has 1 fully saturated rings. The number of ketones is 1. The third-order valence-corrected chi connectivity index (χ3v) is 10.2. The Balaban J connectivity index is 2.03. The van der Waals surface area contributed by atoms with E-state index in [-0.39, 0.29) is 41.2 Å². The summed E-state index contributed by atoms with van der Waals surface area (Å²) >= 11 is 0. The van der Waals surface area contributed by atoms with Gasteiger partial charge in [0.2, 0.25) is 5.91 Å². The molecule has 7 heteroatoms. The number of carbonyl (C=O) groups is 2. The van der Waals surface area contributed by atoms with E-state index >= 15 is 0 Å². The van der Waals surface area contributed by atoms with Crippen LogP contribution in [0.4, 0.5) is 0 Å². The van der Waals surface area contributed by atoms with Crippen molar-refractivity contribution in [1.82, 2.24) is 15.1 Å². The predicted octanol–water partition coefficient (Wildman–Crippen LogP) is 2.83. The molecule has 2 heterocycles. The van der Waals surface area contributed by atoms with Crippen LogP contribution in [0.25, 0.3) is 0 Å². The van der Waals surface area contributed by atoms with E-state index in [0.29, 0.717) is 5.69 Å². The van der Waals surface area contributed by atoms with Crippen LogP contribution in [-0.2, 0) is 16.3 Å². The number of nitrogens with one attached hydrogen (secondary N) is 1. The van der Waals surface area contributed by atoms with Crippen LogP contribution in [-0.4, -0.2) is 41.9 Å². The van der Waals surface area contributed by atoms with Gasteiger partial charge in [-0.05, 0) is 38.0 Å². The van der Waals surface area contributed by atoms with Crippen molar-refractivity contribution in [3.63, 3.8) is 0 Å². The van der Waals surface area contributed by atoms with E-state index < -0.39 is 8.32 Å². The van der Waals surface area contributed by atoms with Crippen molar-refractivity contribution >= 4 is 20.0 Å². The summed E-state index contributed by atoms with van der Waals surface area (Å²) in [6.07, 6.45) is 0.0656. The molecule has 0 saturated carbocycles. The normalized spacial score (nSPS) is 22.3. The molecule has 1 aliphatic heterocycles. The van der Waals surface area contributed by atoms with E-state index in [1.807, 2.05) is 20.9 Å². The zero-order valence-corrected chi connectivity index (χ0v) is 17.6. The van der Waals surface area contributed by atoms with Gasteiger partial charge in [-0.25, -0.2) is 0 Å². The van der Waals surface area contributed by atoms with Gasteiger partial charge in [0.25, 0.3) is 0 Å². The molecule has 1 N–H and O–H groups in total. The smallest absolute Gasteiger partial charge is 0.228 e. The molecule has 0 aromatic carbocycles. The lowest BCUT2D eigenvalue weighted by Crippen LogP contribution is -2.64. The molecule has 25 heavy (non-hydrogen) atoms. The molecule has 2 unspecified atom stereocenters. The number of aromatic nitrogens is 2. The van der Waals surface area contributed by atoms with Crippen LogP contribution in [0.5, 0.6) is 0 Å². The highest BCUT2D eigenvalue weighted by atomic mass is 28.4. The quantitative estimate of drug-likeness (QED) is 0.478. The maximum atomic E-state index is 12.5.